The van der Waals surface area contributed by atoms with Crippen LogP contribution in [0, 0.1) is 5.92 Å². The van der Waals surface area contributed by atoms with Crippen molar-refractivity contribution >= 4 is 39.1 Å². The Morgan fingerprint density at radius 2 is 1.58 bits per heavy atom. The van der Waals surface area contributed by atoms with Crippen LogP contribution in [0.25, 0.3) is 0 Å². The van der Waals surface area contributed by atoms with E-state index in [1.54, 1.807) is 29.3 Å². The van der Waals surface area contributed by atoms with Crippen LogP contribution in [0.2, 0.25) is 0 Å². The zero-order valence-corrected chi connectivity index (χ0v) is 19.6. The summed E-state index contributed by atoms with van der Waals surface area (Å²) in [6, 6.07) is 23.9. The number of carbonyl (C=O) groups is 2. The summed E-state index contributed by atoms with van der Waals surface area (Å²) >= 11 is 3.47. The molecule has 0 bridgehead atoms. The van der Waals surface area contributed by atoms with Crippen LogP contribution in [0.15, 0.2) is 83.3 Å². The zero-order valence-electron chi connectivity index (χ0n) is 18.1. The van der Waals surface area contributed by atoms with Crippen LogP contribution in [0.3, 0.4) is 0 Å². The third kappa shape index (κ3) is 3.92. The molecule has 0 saturated carbocycles. The van der Waals surface area contributed by atoms with E-state index in [2.05, 4.69) is 15.9 Å². The van der Waals surface area contributed by atoms with Gasteiger partial charge in [0.1, 0.15) is 11.7 Å². The Kier molecular flexibility index (Phi) is 5.91. The van der Waals surface area contributed by atoms with E-state index in [-0.39, 0.29) is 11.8 Å². The number of anilines is 2. The lowest BCUT2D eigenvalue weighted by molar-refractivity contribution is -0.126. The number of imide groups is 1. The van der Waals surface area contributed by atoms with Crippen molar-refractivity contribution in [3.63, 3.8) is 0 Å². The lowest BCUT2D eigenvalue weighted by Crippen LogP contribution is -2.37. The molecule has 168 valence electrons. The van der Waals surface area contributed by atoms with Crippen LogP contribution < -0.4 is 14.7 Å². The first kappa shape index (κ1) is 21.7. The average Bonchev–Trinajstić information content (AvgIpc) is 3.35. The highest BCUT2D eigenvalue weighted by Crippen LogP contribution is 2.47. The minimum atomic E-state index is -0.887. The summed E-state index contributed by atoms with van der Waals surface area (Å²) in [5.74, 6) is -0.569. The highest BCUT2D eigenvalue weighted by atomic mass is 79.9. The summed E-state index contributed by atoms with van der Waals surface area (Å²) in [7, 11) is 0. The van der Waals surface area contributed by atoms with Gasteiger partial charge >= 0.3 is 0 Å². The second kappa shape index (κ2) is 9.00. The molecule has 7 heteroatoms. The molecule has 3 unspecified atom stereocenters. The monoisotopic (exact) mass is 506 g/mol. The lowest BCUT2D eigenvalue weighted by atomic mass is 9.90. The second-order valence-corrected chi connectivity index (χ2v) is 8.98. The van der Waals surface area contributed by atoms with Crippen molar-refractivity contribution in [1.29, 1.82) is 0 Å². The van der Waals surface area contributed by atoms with Gasteiger partial charge in [-0.25, -0.2) is 9.96 Å². The third-order valence-corrected chi connectivity index (χ3v) is 6.43. The molecule has 2 amide bonds. The number of fused-ring (bicyclic) bond motifs is 1. The molecule has 0 radical (unpaired) electrons. The maximum atomic E-state index is 13.6. The summed E-state index contributed by atoms with van der Waals surface area (Å²) < 4.78 is 6.56. The summed E-state index contributed by atoms with van der Waals surface area (Å²) in [6.07, 6.45) is 0.0170. The van der Waals surface area contributed by atoms with Gasteiger partial charge in [0.2, 0.25) is 5.91 Å². The van der Waals surface area contributed by atoms with E-state index in [1.807, 2.05) is 61.5 Å². The molecule has 3 aromatic rings. The van der Waals surface area contributed by atoms with Crippen LogP contribution >= 0.6 is 15.9 Å². The predicted octanol–water partition coefficient (Wildman–Crippen LogP) is 5.29. The number of nitrogens with zero attached hydrogens (tertiary/aromatic N) is 2. The van der Waals surface area contributed by atoms with Crippen molar-refractivity contribution in [3.05, 3.63) is 88.9 Å². The van der Waals surface area contributed by atoms with Crippen LogP contribution in [-0.2, 0) is 14.4 Å². The molecule has 0 N–H and O–H groups in total. The van der Waals surface area contributed by atoms with Gasteiger partial charge in [0, 0.05) is 4.47 Å². The quantitative estimate of drug-likeness (QED) is 0.425. The van der Waals surface area contributed by atoms with Gasteiger partial charge in [0.15, 0.2) is 6.10 Å². The number of rotatable bonds is 6. The highest BCUT2D eigenvalue weighted by molar-refractivity contribution is 9.10. The van der Waals surface area contributed by atoms with Gasteiger partial charge in [-0.15, -0.1) is 0 Å². The molecule has 5 rings (SSSR count). The molecule has 2 aliphatic heterocycles. The smallest absolute Gasteiger partial charge is 0.266 e. The summed E-state index contributed by atoms with van der Waals surface area (Å²) in [4.78, 5) is 34.4. The van der Waals surface area contributed by atoms with E-state index in [4.69, 9.17) is 9.57 Å². The number of hydrogen-bond donors (Lipinski definition) is 0. The van der Waals surface area contributed by atoms with Crippen molar-refractivity contribution < 1.29 is 19.2 Å². The molecule has 2 aliphatic rings. The molecule has 33 heavy (non-hydrogen) atoms. The molecule has 2 saturated heterocycles. The number of ether oxygens (including phenoxy) is 1. The fourth-order valence-electron chi connectivity index (χ4n) is 4.38. The Morgan fingerprint density at radius 3 is 2.24 bits per heavy atom. The van der Waals surface area contributed by atoms with Crippen LogP contribution in [0.5, 0.6) is 5.75 Å². The van der Waals surface area contributed by atoms with E-state index in [0.717, 1.165) is 22.1 Å². The largest absolute Gasteiger partial charge is 0.494 e. The minimum absolute atomic E-state index is 0.265. The van der Waals surface area contributed by atoms with Gasteiger partial charge < -0.3 is 4.74 Å². The molecule has 0 aromatic heterocycles. The van der Waals surface area contributed by atoms with E-state index >= 15 is 0 Å². The SMILES string of the molecule is CCCOc1ccc(N2C(=O)C3ON(c4ccccc4)C(c4ccc(Br)cc4)C3C2=O)cc1. The number of hydrogen-bond acceptors (Lipinski definition) is 5. The summed E-state index contributed by atoms with van der Waals surface area (Å²) in [5, 5.41) is 1.70. The van der Waals surface area contributed by atoms with Crippen molar-refractivity contribution in [1.82, 2.24) is 0 Å². The second-order valence-electron chi connectivity index (χ2n) is 8.06. The Bertz CT molecular complexity index is 1150. The van der Waals surface area contributed by atoms with E-state index in [1.165, 1.54) is 4.90 Å². The predicted molar refractivity (Wildman–Crippen MR) is 129 cm³/mol. The van der Waals surface area contributed by atoms with Crippen LogP contribution in [0.1, 0.15) is 24.9 Å². The standard InChI is InChI=1S/C26H23BrN2O4/c1-2-16-32-21-14-12-19(13-15-21)28-25(30)22-23(17-8-10-18(27)11-9-17)29(33-24(22)26(28)31)20-6-4-3-5-7-20/h3-15,22-24H,2,16H2,1H3. The highest BCUT2D eigenvalue weighted by Gasteiger charge is 2.60. The molecule has 0 spiro atoms. The molecule has 3 aromatic carbocycles. The molecule has 6 nitrogen and oxygen atoms in total. The van der Waals surface area contributed by atoms with Gasteiger partial charge in [0.05, 0.1) is 24.0 Å². The van der Waals surface area contributed by atoms with Gasteiger partial charge in [-0.3, -0.25) is 14.4 Å². The van der Waals surface area contributed by atoms with E-state index < -0.39 is 18.1 Å². The molecular formula is C26H23BrN2O4. The van der Waals surface area contributed by atoms with Gasteiger partial charge in [-0.1, -0.05) is 53.2 Å². The summed E-state index contributed by atoms with van der Waals surface area (Å²) in [5.41, 5.74) is 2.22. The lowest BCUT2D eigenvalue weighted by Gasteiger charge is -2.28. The summed E-state index contributed by atoms with van der Waals surface area (Å²) in [6.45, 7) is 2.65. The Hall–Kier alpha value is -3.16. The van der Waals surface area contributed by atoms with E-state index in [0.29, 0.717) is 18.0 Å². The van der Waals surface area contributed by atoms with Crippen molar-refractivity contribution in [3.8, 4) is 5.75 Å². The maximum Gasteiger partial charge on any atom is 0.266 e. The van der Waals surface area contributed by atoms with Crippen LogP contribution in [-0.4, -0.2) is 24.5 Å². The van der Waals surface area contributed by atoms with Gasteiger partial charge in [0.25, 0.3) is 5.91 Å². The van der Waals surface area contributed by atoms with Crippen LogP contribution in [0.4, 0.5) is 11.4 Å². The maximum absolute atomic E-state index is 13.6. The molecule has 3 atom stereocenters. The van der Waals surface area contributed by atoms with Gasteiger partial charge in [-0.05, 0) is 60.5 Å². The van der Waals surface area contributed by atoms with E-state index in [9.17, 15) is 9.59 Å². The number of hydroxylamine groups is 1. The number of para-hydroxylation sites is 1. The Labute approximate surface area is 200 Å². The first-order chi connectivity index (χ1) is 16.1. The fraction of sp³-hybridized carbons (Fsp3) is 0.231. The fourth-order valence-corrected chi connectivity index (χ4v) is 4.64. The van der Waals surface area contributed by atoms with Crippen molar-refractivity contribution in [2.75, 3.05) is 16.6 Å². The van der Waals surface area contributed by atoms with Crippen molar-refractivity contribution in [2.24, 2.45) is 5.92 Å². The Balaban J connectivity index is 1.49. The number of carbonyl (C=O) groups excluding carboxylic acids is 2. The molecule has 2 heterocycles. The zero-order chi connectivity index (χ0) is 22.9. The molecular weight excluding hydrogens is 484 g/mol. The number of amides is 2. The third-order valence-electron chi connectivity index (χ3n) is 5.91. The normalized spacial score (nSPS) is 22.1. The molecule has 0 aliphatic carbocycles. The topological polar surface area (TPSA) is 59.1 Å². The van der Waals surface area contributed by atoms with Gasteiger partial charge in [-0.2, -0.15) is 0 Å². The minimum Gasteiger partial charge on any atom is -0.494 e. The Morgan fingerprint density at radius 1 is 0.879 bits per heavy atom. The first-order valence-corrected chi connectivity index (χ1v) is 11.7. The van der Waals surface area contributed by atoms with Crippen molar-refractivity contribution in [2.45, 2.75) is 25.5 Å². The first-order valence-electron chi connectivity index (χ1n) is 11.0. The average molecular weight is 507 g/mol. The number of benzene rings is 3. The number of halogens is 1. The molecule has 2 fully saturated rings.